The van der Waals surface area contributed by atoms with E-state index in [0.717, 1.165) is 6.07 Å². The highest BCUT2D eigenvalue weighted by Crippen LogP contribution is 2.25. The Bertz CT molecular complexity index is 315. The minimum atomic E-state index is -1.18. The van der Waals surface area contributed by atoms with Crippen molar-refractivity contribution in [2.75, 3.05) is 6.61 Å². The normalized spacial score (nSPS) is 10.6. The van der Waals surface area contributed by atoms with Crippen LogP contribution in [0.4, 0.5) is 13.2 Å². The van der Waals surface area contributed by atoms with Crippen LogP contribution in [-0.2, 0) is 6.42 Å². The van der Waals surface area contributed by atoms with Crippen molar-refractivity contribution in [3.05, 3.63) is 33.6 Å². The van der Waals surface area contributed by atoms with E-state index in [1.165, 1.54) is 0 Å². The molecule has 5 heteroatoms. The number of aliphatic hydroxyl groups is 1. The second-order valence-corrected chi connectivity index (χ2v) is 3.63. The summed E-state index contributed by atoms with van der Waals surface area (Å²) in [6.07, 6.45) is 0.175. The first-order valence-corrected chi connectivity index (χ1v) is 4.80. The fourth-order valence-electron chi connectivity index (χ4n) is 1.10. The van der Waals surface area contributed by atoms with Crippen molar-refractivity contribution in [3.63, 3.8) is 0 Å². The smallest absolute Gasteiger partial charge is 0.165 e. The zero-order valence-corrected chi connectivity index (χ0v) is 8.74. The van der Waals surface area contributed by atoms with Crippen molar-refractivity contribution in [3.8, 4) is 0 Å². The molecule has 0 aliphatic carbocycles. The lowest BCUT2D eigenvalue weighted by molar-refractivity contribution is 0.287. The Kier molecular flexibility index (Phi) is 3.95. The highest BCUT2D eigenvalue weighted by atomic mass is 79.9. The predicted octanol–water partition coefficient (Wildman–Crippen LogP) is 2.79. The van der Waals surface area contributed by atoms with E-state index in [9.17, 15) is 13.2 Å². The highest BCUT2D eigenvalue weighted by Gasteiger charge is 2.16. The van der Waals surface area contributed by atoms with Crippen LogP contribution in [0.5, 0.6) is 0 Å². The number of halogens is 4. The zero-order chi connectivity index (χ0) is 10.7. The lowest BCUT2D eigenvalue weighted by Gasteiger charge is -2.06. The molecule has 0 saturated heterocycles. The molecule has 0 saturated carbocycles. The fourth-order valence-corrected chi connectivity index (χ4v) is 1.54. The van der Waals surface area contributed by atoms with Crippen LogP contribution in [-0.4, -0.2) is 11.7 Å². The molecule has 0 aliphatic rings. The van der Waals surface area contributed by atoms with Crippen LogP contribution in [0.2, 0.25) is 0 Å². The van der Waals surface area contributed by atoms with Crippen LogP contribution < -0.4 is 0 Å². The summed E-state index contributed by atoms with van der Waals surface area (Å²) in [5.74, 6) is -3.08. The first-order chi connectivity index (χ1) is 6.57. The van der Waals surface area contributed by atoms with Gasteiger partial charge in [0.05, 0.1) is 4.47 Å². The number of rotatable bonds is 3. The van der Waals surface area contributed by atoms with E-state index in [0.29, 0.717) is 0 Å². The van der Waals surface area contributed by atoms with Crippen molar-refractivity contribution in [1.82, 2.24) is 0 Å². The van der Waals surface area contributed by atoms with E-state index in [2.05, 4.69) is 15.9 Å². The van der Waals surface area contributed by atoms with Gasteiger partial charge in [-0.15, -0.1) is 0 Å². The highest BCUT2D eigenvalue weighted by molar-refractivity contribution is 9.10. The molecule has 0 spiro atoms. The van der Waals surface area contributed by atoms with E-state index >= 15 is 0 Å². The fraction of sp³-hybridized carbons (Fsp3) is 0.333. The van der Waals surface area contributed by atoms with Gasteiger partial charge in [-0.25, -0.2) is 13.2 Å². The molecule has 0 fully saturated rings. The summed E-state index contributed by atoms with van der Waals surface area (Å²) in [5.41, 5.74) is -0.328. The third-order valence-corrected chi connectivity index (χ3v) is 2.36. The van der Waals surface area contributed by atoms with E-state index in [4.69, 9.17) is 5.11 Å². The standard InChI is InChI=1S/C9H8BrF3O/c10-6-4-7(11)9(13)5(8(6)12)2-1-3-14/h4,14H,1-3H2. The summed E-state index contributed by atoms with van der Waals surface area (Å²) in [5, 5.41) is 8.50. The van der Waals surface area contributed by atoms with E-state index in [-0.39, 0.29) is 29.5 Å². The first-order valence-electron chi connectivity index (χ1n) is 4.00. The van der Waals surface area contributed by atoms with Crippen LogP contribution in [0, 0.1) is 17.5 Å². The number of benzene rings is 1. The Balaban J connectivity index is 3.11. The van der Waals surface area contributed by atoms with Crippen LogP contribution in [0.3, 0.4) is 0 Å². The lowest BCUT2D eigenvalue weighted by Crippen LogP contribution is -2.01. The number of aliphatic hydroxyl groups excluding tert-OH is 1. The molecular weight excluding hydrogens is 261 g/mol. The second kappa shape index (κ2) is 4.79. The largest absolute Gasteiger partial charge is 0.396 e. The monoisotopic (exact) mass is 268 g/mol. The number of hydrogen-bond donors (Lipinski definition) is 1. The maximum Gasteiger partial charge on any atom is 0.165 e. The molecule has 1 aromatic rings. The van der Waals surface area contributed by atoms with Crippen molar-refractivity contribution >= 4 is 15.9 Å². The van der Waals surface area contributed by atoms with Gasteiger partial charge in [0.2, 0.25) is 0 Å². The Hall–Kier alpha value is -0.550. The van der Waals surface area contributed by atoms with E-state index in [1.807, 2.05) is 0 Å². The van der Waals surface area contributed by atoms with Gasteiger partial charge in [0.25, 0.3) is 0 Å². The molecule has 0 amide bonds. The Morgan fingerprint density at radius 3 is 2.43 bits per heavy atom. The van der Waals surface area contributed by atoms with Crippen molar-refractivity contribution < 1.29 is 18.3 Å². The van der Waals surface area contributed by atoms with Gasteiger partial charge in [0.15, 0.2) is 11.6 Å². The minimum absolute atomic E-state index is 0.0233. The Morgan fingerprint density at radius 1 is 1.21 bits per heavy atom. The molecule has 0 aliphatic heterocycles. The Morgan fingerprint density at radius 2 is 1.86 bits per heavy atom. The maximum absolute atomic E-state index is 13.2. The van der Waals surface area contributed by atoms with Crippen LogP contribution in [0.15, 0.2) is 10.5 Å². The van der Waals surface area contributed by atoms with Gasteiger partial charge in [0.1, 0.15) is 5.82 Å². The third kappa shape index (κ3) is 2.27. The molecule has 78 valence electrons. The molecule has 1 N–H and O–H groups in total. The molecule has 0 unspecified atom stereocenters. The van der Waals surface area contributed by atoms with Gasteiger partial charge < -0.3 is 5.11 Å². The molecule has 0 heterocycles. The van der Waals surface area contributed by atoms with Crippen molar-refractivity contribution in [2.24, 2.45) is 0 Å². The third-order valence-electron chi connectivity index (χ3n) is 1.79. The molecule has 14 heavy (non-hydrogen) atoms. The molecule has 1 rings (SSSR count). The molecule has 1 aromatic carbocycles. The maximum atomic E-state index is 13.2. The first kappa shape index (κ1) is 11.5. The summed E-state index contributed by atoms with van der Waals surface area (Å²) < 4.78 is 39.0. The zero-order valence-electron chi connectivity index (χ0n) is 7.16. The minimum Gasteiger partial charge on any atom is -0.396 e. The van der Waals surface area contributed by atoms with Gasteiger partial charge in [-0.2, -0.15) is 0 Å². The molecule has 0 atom stereocenters. The Labute approximate surface area is 87.7 Å². The van der Waals surface area contributed by atoms with Gasteiger partial charge >= 0.3 is 0 Å². The van der Waals surface area contributed by atoms with Crippen LogP contribution in [0.25, 0.3) is 0 Å². The number of hydrogen-bond acceptors (Lipinski definition) is 1. The summed E-state index contributed by atoms with van der Waals surface area (Å²) in [6, 6.07) is 0.743. The van der Waals surface area contributed by atoms with Gasteiger partial charge in [-0.05, 0) is 34.8 Å². The molecule has 0 aromatic heterocycles. The summed E-state index contributed by atoms with van der Waals surface area (Å²) >= 11 is 2.78. The topological polar surface area (TPSA) is 20.2 Å². The van der Waals surface area contributed by atoms with Crippen LogP contribution in [0.1, 0.15) is 12.0 Å². The average Bonchev–Trinajstić information content (AvgIpc) is 2.15. The average molecular weight is 269 g/mol. The summed E-state index contributed by atoms with van der Waals surface area (Å²) in [4.78, 5) is 0. The SMILES string of the molecule is OCCCc1c(F)c(F)cc(Br)c1F. The van der Waals surface area contributed by atoms with E-state index in [1.54, 1.807) is 0 Å². The molecular formula is C9H8BrF3O. The van der Waals surface area contributed by atoms with Gasteiger partial charge in [0, 0.05) is 12.2 Å². The predicted molar refractivity (Wildman–Crippen MR) is 49.4 cm³/mol. The van der Waals surface area contributed by atoms with E-state index < -0.39 is 17.5 Å². The van der Waals surface area contributed by atoms with Crippen molar-refractivity contribution in [2.45, 2.75) is 12.8 Å². The van der Waals surface area contributed by atoms with Crippen molar-refractivity contribution in [1.29, 1.82) is 0 Å². The molecule has 0 radical (unpaired) electrons. The molecule has 1 nitrogen and oxygen atoms in total. The molecule has 0 bridgehead atoms. The summed E-state index contributed by atoms with van der Waals surface area (Å²) in [6.45, 7) is -0.187. The lowest BCUT2D eigenvalue weighted by atomic mass is 10.1. The van der Waals surface area contributed by atoms with Crippen LogP contribution >= 0.6 is 15.9 Å². The summed E-state index contributed by atoms with van der Waals surface area (Å²) in [7, 11) is 0. The van der Waals surface area contributed by atoms with Gasteiger partial charge in [-0.1, -0.05) is 0 Å². The van der Waals surface area contributed by atoms with Gasteiger partial charge in [-0.3, -0.25) is 0 Å². The quantitative estimate of drug-likeness (QED) is 0.836. The second-order valence-electron chi connectivity index (χ2n) is 2.77.